The summed E-state index contributed by atoms with van der Waals surface area (Å²) in [4.78, 5) is 11.4. The number of nitrogens with zero attached hydrogens (tertiary/aromatic N) is 12. The summed E-state index contributed by atoms with van der Waals surface area (Å²) in [6.07, 6.45) is 9.49. The second-order valence-electron chi connectivity index (χ2n) is 18.8. The van der Waals surface area contributed by atoms with Gasteiger partial charge in [-0.1, -0.05) is 176 Å². The summed E-state index contributed by atoms with van der Waals surface area (Å²) < 4.78 is 36.7. The summed E-state index contributed by atoms with van der Waals surface area (Å²) in [6, 6.07) is -3.74. The fourth-order valence-electron chi connectivity index (χ4n) is 9.42. The van der Waals surface area contributed by atoms with Crippen molar-refractivity contribution in [2.45, 2.75) is 266 Å². The molecule has 1 aliphatic carbocycles. The Labute approximate surface area is 407 Å². The number of hydrogen-bond acceptors (Lipinski definition) is 15. The van der Waals surface area contributed by atoms with Crippen molar-refractivity contribution < 1.29 is 54.0 Å². The van der Waals surface area contributed by atoms with E-state index in [2.05, 4.69) is 54.0 Å². The van der Waals surface area contributed by atoms with Crippen LogP contribution in [0.2, 0.25) is 0 Å². The summed E-state index contributed by atoms with van der Waals surface area (Å²) >= 11 is 0. The standard InChI is InChI=1S/C46H84N12O11/c1-3-5-7-9-11-13-15-17-19-21-23-25-27-64-31-35-44(65-28-26-24-22-20-18-16-14-12-10-8-6-4-2)36(54-58-50)38(60)45(67-35)68-42-32(52-56-48)29-33(53-57-49)43(41(42)63)69-46-40(62)39(61)37(59)34(66-46)30-51-55-47/h32-46,59-63H,3-31H2,1-2H3/t32-,33+,34-,35-,36-,37-,38-,39+,40-,41-,42+,43-,44-,45-,46-/m1/s1. The van der Waals surface area contributed by atoms with E-state index in [-0.39, 0.29) is 13.0 Å². The van der Waals surface area contributed by atoms with Gasteiger partial charge in [-0.3, -0.25) is 0 Å². The largest absolute Gasteiger partial charge is 0.388 e. The first-order chi connectivity index (χ1) is 33.7. The maximum absolute atomic E-state index is 11.9. The second kappa shape index (κ2) is 36.7. The van der Waals surface area contributed by atoms with Gasteiger partial charge in [-0.05, 0) is 41.4 Å². The first-order valence-electron chi connectivity index (χ1n) is 26.0. The quantitative estimate of drug-likeness (QED) is 0.0168. The van der Waals surface area contributed by atoms with Crippen molar-refractivity contribution in [1.82, 2.24) is 0 Å². The lowest BCUT2D eigenvalue weighted by atomic mass is 9.84. The van der Waals surface area contributed by atoms with Gasteiger partial charge in [0.2, 0.25) is 0 Å². The van der Waals surface area contributed by atoms with Crippen LogP contribution in [0.3, 0.4) is 0 Å². The lowest BCUT2D eigenvalue weighted by Crippen LogP contribution is -2.65. The Morgan fingerprint density at radius 3 is 1.36 bits per heavy atom. The maximum atomic E-state index is 11.9. The molecule has 23 nitrogen and oxygen atoms in total. The predicted molar refractivity (Wildman–Crippen MR) is 257 cm³/mol. The van der Waals surface area contributed by atoms with E-state index >= 15 is 0 Å². The first-order valence-corrected chi connectivity index (χ1v) is 26.0. The molecule has 1 saturated carbocycles. The normalized spacial score (nSPS) is 31.2. The molecule has 0 aromatic heterocycles. The molecule has 69 heavy (non-hydrogen) atoms. The zero-order valence-electron chi connectivity index (χ0n) is 41.2. The summed E-state index contributed by atoms with van der Waals surface area (Å²) in [5.74, 6) is 0. The van der Waals surface area contributed by atoms with E-state index in [4.69, 9.17) is 34.0 Å². The van der Waals surface area contributed by atoms with Gasteiger partial charge in [0.05, 0.1) is 55.7 Å². The van der Waals surface area contributed by atoms with Crippen LogP contribution in [-0.4, -0.2) is 144 Å². The van der Waals surface area contributed by atoms with Crippen LogP contribution >= 0.6 is 0 Å². The molecule has 0 radical (unpaired) electrons. The van der Waals surface area contributed by atoms with Crippen LogP contribution in [0.25, 0.3) is 41.8 Å². The fourth-order valence-corrected chi connectivity index (χ4v) is 9.42. The van der Waals surface area contributed by atoms with E-state index in [1.54, 1.807) is 0 Å². The van der Waals surface area contributed by atoms with Crippen molar-refractivity contribution in [2.75, 3.05) is 26.4 Å². The highest BCUT2D eigenvalue weighted by molar-refractivity contribution is 5.04. The van der Waals surface area contributed by atoms with Gasteiger partial charge in [0.25, 0.3) is 0 Å². The first kappa shape index (κ1) is 60.1. The van der Waals surface area contributed by atoms with E-state index in [1.165, 1.54) is 103 Å². The minimum absolute atomic E-state index is 0.00897. The maximum Gasteiger partial charge on any atom is 0.186 e. The van der Waals surface area contributed by atoms with Crippen molar-refractivity contribution in [2.24, 2.45) is 20.5 Å². The van der Waals surface area contributed by atoms with Gasteiger partial charge >= 0.3 is 0 Å². The molecule has 0 spiro atoms. The van der Waals surface area contributed by atoms with E-state index in [9.17, 15) is 42.1 Å². The van der Waals surface area contributed by atoms with Crippen LogP contribution in [0.5, 0.6) is 0 Å². The van der Waals surface area contributed by atoms with E-state index < -0.39 is 98.3 Å². The minimum atomic E-state index is -1.88. The van der Waals surface area contributed by atoms with Crippen LogP contribution in [0, 0.1) is 0 Å². The Morgan fingerprint density at radius 2 is 0.899 bits per heavy atom. The monoisotopic (exact) mass is 981 g/mol. The van der Waals surface area contributed by atoms with Crippen molar-refractivity contribution in [1.29, 1.82) is 0 Å². The molecule has 0 bridgehead atoms. The van der Waals surface area contributed by atoms with Gasteiger partial charge in [0.1, 0.15) is 36.6 Å². The van der Waals surface area contributed by atoms with Gasteiger partial charge < -0.3 is 54.0 Å². The molecule has 5 N–H and O–H groups in total. The van der Waals surface area contributed by atoms with Crippen LogP contribution in [0.4, 0.5) is 0 Å². The fraction of sp³-hybridized carbons (Fsp3) is 1.00. The van der Waals surface area contributed by atoms with Crippen LogP contribution in [-0.2, 0) is 28.4 Å². The summed E-state index contributed by atoms with van der Waals surface area (Å²) in [5, 5.41) is 70.4. The highest BCUT2D eigenvalue weighted by atomic mass is 16.7. The average Bonchev–Trinajstić information content (AvgIpc) is 3.34. The van der Waals surface area contributed by atoms with Gasteiger partial charge in [0.15, 0.2) is 12.6 Å². The van der Waals surface area contributed by atoms with Gasteiger partial charge in [-0.25, -0.2) is 0 Å². The van der Waals surface area contributed by atoms with Crippen LogP contribution in [0.15, 0.2) is 20.5 Å². The SMILES string of the molecule is CCCCCCCCCCCCCCOC[C@H]1O[C@H](O[C@@H]2[C@@H](O)[C@H](O[C@H]3O[C@H](CN=[N+]=[N-])[C@@H](O)[C@H](O)[C@H]3O)[C@@H](N=[N+]=[N-])C[C@H]2N=[N+]=[N-])[C@H](O)[C@@H](N=[N+]=[N-])[C@@H]1OCCCCCCCCCCCCCC. The Balaban J connectivity index is 1.72. The molecule has 3 fully saturated rings. The summed E-state index contributed by atoms with van der Waals surface area (Å²) in [5.41, 5.74) is 37.5. The molecular formula is C46H84N12O11. The second-order valence-corrected chi connectivity index (χ2v) is 18.8. The number of hydrogen-bond donors (Lipinski definition) is 5. The molecule has 394 valence electrons. The average molecular weight is 981 g/mol. The van der Waals surface area contributed by atoms with Crippen molar-refractivity contribution in [3.8, 4) is 0 Å². The number of rotatable bonds is 38. The highest BCUT2D eigenvalue weighted by Crippen LogP contribution is 2.36. The summed E-state index contributed by atoms with van der Waals surface area (Å²) in [7, 11) is 0. The van der Waals surface area contributed by atoms with Gasteiger partial charge in [0, 0.05) is 32.9 Å². The molecule has 23 heteroatoms. The topological polar surface area (TPSA) is 352 Å². The van der Waals surface area contributed by atoms with Gasteiger partial charge in [-0.15, -0.1) is 0 Å². The lowest BCUT2D eigenvalue weighted by Gasteiger charge is -2.48. The number of unbranched alkanes of at least 4 members (excludes halogenated alkanes) is 22. The molecule has 0 aromatic rings. The number of azide groups is 4. The van der Waals surface area contributed by atoms with Crippen molar-refractivity contribution >= 4 is 0 Å². The zero-order chi connectivity index (χ0) is 50.1. The third-order valence-corrected chi connectivity index (χ3v) is 13.4. The number of ether oxygens (including phenoxy) is 6. The Morgan fingerprint density at radius 1 is 0.464 bits per heavy atom. The van der Waals surface area contributed by atoms with E-state index in [0.717, 1.165) is 51.4 Å². The molecule has 0 amide bonds. The Hall–Kier alpha value is -3.20. The molecular weight excluding hydrogens is 897 g/mol. The zero-order valence-corrected chi connectivity index (χ0v) is 41.2. The molecule has 2 aliphatic heterocycles. The molecule has 15 atom stereocenters. The molecule has 2 heterocycles. The van der Waals surface area contributed by atoms with Crippen LogP contribution < -0.4 is 0 Å². The number of aliphatic hydroxyl groups excluding tert-OH is 5. The lowest BCUT2D eigenvalue weighted by molar-refractivity contribution is -0.333. The Kier molecular flexibility index (Phi) is 32.0. The highest BCUT2D eigenvalue weighted by Gasteiger charge is 2.53. The predicted octanol–water partition coefficient (Wildman–Crippen LogP) is 9.57. The number of aliphatic hydroxyl groups is 5. The molecule has 0 unspecified atom stereocenters. The summed E-state index contributed by atoms with van der Waals surface area (Å²) in [6.45, 7) is 4.73. The molecule has 3 rings (SSSR count). The molecule has 2 saturated heterocycles. The third kappa shape index (κ3) is 21.6. The van der Waals surface area contributed by atoms with Gasteiger partial charge in [-0.2, -0.15) is 0 Å². The van der Waals surface area contributed by atoms with E-state index in [1.807, 2.05) is 0 Å². The third-order valence-electron chi connectivity index (χ3n) is 13.4. The minimum Gasteiger partial charge on any atom is -0.388 e. The van der Waals surface area contributed by atoms with Crippen molar-refractivity contribution in [3.63, 3.8) is 0 Å². The van der Waals surface area contributed by atoms with Crippen molar-refractivity contribution in [3.05, 3.63) is 41.8 Å². The molecule has 3 aliphatic rings. The Bertz CT molecular complexity index is 1570. The smallest absolute Gasteiger partial charge is 0.186 e. The molecule has 0 aromatic carbocycles. The van der Waals surface area contributed by atoms with Crippen LogP contribution in [0.1, 0.15) is 174 Å². The van der Waals surface area contributed by atoms with E-state index in [0.29, 0.717) is 13.2 Å².